The smallest absolute Gasteiger partial charge is 0.00919 e. The lowest BCUT2D eigenvalue weighted by Gasteiger charge is -2.31. The lowest BCUT2D eigenvalue weighted by molar-refractivity contribution is 0.262. The highest BCUT2D eigenvalue weighted by Crippen LogP contribution is 2.38. The van der Waals surface area contributed by atoms with Crippen molar-refractivity contribution in [1.29, 1.82) is 0 Å². The summed E-state index contributed by atoms with van der Waals surface area (Å²) in [6, 6.07) is 22.0. The Morgan fingerprint density at radius 1 is 0.727 bits per heavy atom. The summed E-state index contributed by atoms with van der Waals surface area (Å²) in [4.78, 5) is 0. The highest BCUT2D eigenvalue weighted by Gasteiger charge is 2.24. The van der Waals surface area contributed by atoms with Crippen molar-refractivity contribution in [2.24, 2.45) is 17.6 Å². The molecule has 1 fully saturated rings. The van der Waals surface area contributed by atoms with Gasteiger partial charge in [-0.1, -0.05) is 73.5 Å². The summed E-state index contributed by atoms with van der Waals surface area (Å²) in [5, 5.41) is 0. The topological polar surface area (TPSA) is 26.0 Å². The minimum absolute atomic E-state index is 0.529. The molecule has 1 aliphatic rings. The molecule has 0 bridgehead atoms. The molecule has 0 heterocycles. The van der Waals surface area contributed by atoms with Crippen LogP contribution in [0.25, 0.3) is 0 Å². The number of hydrogen-bond donors (Lipinski definition) is 1. The summed E-state index contributed by atoms with van der Waals surface area (Å²) in [5.74, 6) is 2.14. The van der Waals surface area contributed by atoms with Crippen molar-refractivity contribution >= 4 is 0 Å². The Morgan fingerprint density at radius 3 is 1.64 bits per heavy atom. The van der Waals surface area contributed by atoms with Crippen molar-refractivity contribution < 1.29 is 0 Å². The van der Waals surface area contributed by atoms with E-state index in [-0.39, 0.29) is 0 Å². The van der Waals surface area contributed by atoms with Gasteiger partial charge in [-0.3, -0.25) is 0 Å². The van der Waals surface area contributed by atoms with Gasteiger partial charge in [0, 0.05) is 5.92 Å². The van der Waals surface area contributed by atoms with E-state index in [1.165, 1.54) is 43.2 Å². The molecule has 0 amide bonds. The minimum atomic E-state index is 0.529. The summed E-state index contributed by atoms with van der Waals surface area (Å²) >= 11 is 0. The van der Waals surface area contributed by atoms with Gasteiger partial charge in [-0.25, -0.2) is 0 Å². The van der Waals surface area contributed by atoms with Crippen LogP contribution in [-0.2, 0) is 0 Å². The monoisotopic (exact) mass is 293 g/mol. The van der Waals surface area contributed by atoms with E-state index in [1.807, 2.05) is 0 Å². The van der Waals surface area contributed by atoms with E-state index in [0.29, 0.717) is 5.92 Å². The van der Waals surface area contributed by atoms with Gasteiger partial charge in [0.15, 0.2) is 0 Å². The van der Waals surface area contributed by atoms with E-state index in [0.717, 1.165) is 18.4 Å². The molecule has 1 nitrogen and oxygen atoms in total. The van der Waals surface area contributed by atoms with Gasteiger partial charge < -0.3 is 5.73 Å². The quantitative estimate of drug-likeness (QED) is 0.827. The van der Waals surface area contributed by atoms with Crippen LogP contribution in [0.3, 0.4) is 0 Å². The highest BCUT2D eigenvalue weighted by atomic mass is 14.5. The molecular weight excluding hydrogens is 266 g/mol. The largest absolute Gasteiger partial charge is 0.330 e. The third kappa shape index (κ3) is 3.78. The molecule has 2 aromatic carbocycles. The molecule has 2 N–H and O–H groups in total. The molecule has 1 saturated carbocycles. The third-order valence-electron chi connectivity index (χ3n) is 5.27. The standard InChI is InChI=1S/C21H27N/c22-16-18-13-11-17(12-14-18)15-21(19-7-3-1-4-8-19)20-9-5-2-6-10-20/h1-10,17-18,21H,11-16,22H2. The van der Waals surface area contributed by atoms with E-state index in [9.17, 15) is 0 Å². The van der Waals surface area contributed by atoms with Crippen molar-refractivity contribution in [3.8, 4) is 0 Å². The molecular formula is C21H27N. The molecule has 0 spiro atoms. The first kappa shape index (κ1) is 15.3. The first-order valence-corrected chi connectivity index (χ1v) is 8.66. The number of rotatable bonds is 5. The molecule has 0 aromatic heterocycles. The number of hydrogen-bond acceptors (Lipinski definition) is 1. The maximum Gasteiger partial charge on any atom is 0.00919 e. The molecule has 0 radical (unpaired) electrons. The Hall–Kier alpha value is -1.60. The van der Waals surface area contributed by atoms with Crippen molar-refractivity contribution in [2.45, 2.75) is 38.0 Å². The van der Waals surface area contributed by atoms with E-state index >= 15 is 0 Å². The second kappa shape index (κ2) is 7.60. The van der Waals surface area contributed by atoms with Crippen molar-refractivity contribution in [1.82, 2.24) is 0 Å². The number of benzene rings is 2. The van der Waals surface area contributed by atoms with Crippen LogP contribution in [0.5, 0.6) is 0 Å². The van der Waals surface area contributed by atoms with Crippen LogP contribution < -0.4 is 5.73 Å². The van der Waals surface area contributed by atoms with E-state index in [2.05, 4.69) is 60.7 Å². The van der Waals surface area contributed by atoms with E-state index in [4.69, 9.17) is 5.73 Å². The van der Waals surface area contributed by atoms with E-state index in [1.54, 1.807) is 0 Å². The van der Waals surface area contributed by atoms with Crippen molar-refractivity contribution in [2.75, 3.05) is 6.54 Å². The maximum atomic E-state index is 5.83. The molecule has 0 saturated heterocycles. The number of nitrogens with two attached hydrogens (primary N) is 1. The van der Waals surface area contributed by atoms with Crippen LogP contribution in [0.4, 0.5) is 0 Å². The zero-order valence-electron chi connectivity index (χ0n) is 13.3. The first-order chi connectivity index (χ1) is 10.9. The van der Waals surface area contributed by atoms with Crippen LogP contribution in [0, 0.1) is 11.8 Å². The average Bonchev–Trinajstić information content (AvgIpc) is 2.62. The molecule has 1 aliphatic carbocycles. The van der Waals surface area contributed by atoms with Crippen LogP contribution >= 0.6 is 0 Å². The lowest BCUT2D eigenvalue weighted by Crippen LogP contribution is -2.22. The van der Waals surface area contributed by atoms with Gasteiger partial charge in [0.1, 0.15) is 0 Å². The molecule has 116 valence electrons. The lowest BCUT2D eigenvalue weighted by atomic mass is 9.75. The molecule has 22 heavy (non-hydrogen) atoms. The fourth-order valence-corrected chi connectivity index (χ4v) is 3.87. The molecule has 1 heteroatoms. The summed E-state index contributed by atoms with van der Waals surface area (Å²) in [7, 11) is 0. The Labute approximate surface area is 134 Å². The van der Waals surface area contributed by atoms with Gasteiger partial charge in [-0.05, 0) is 48.8 Å². The highest BCUT2D eigenvalue weighted by molar-refractivity contribution is 5.32. The second-order valence-electron chi connectivity index (χ2n) is 6.73. The summed E-state index contributed by atoms with van der Waals surface area (Å²) < 4.78 is 0. The summed E-state index contributed by atoms with van der Waals surface area (Å²) in [6.07, 6.45) is 6.59. The second-order valence-corrected chi connectivity index (χ2v) is 6.73. The van der Waals surface area contributed by atoms with Crippen LogP contribution in [-0.4, -0.2) is 6.54 Å². The SMILES string of the molecule is NCC1CCC(CC(c2ccccc2)c2ccccc2)CC1. The summed E-state index contributed by atoms with van der Waals surface area (Å²) in [5.41, 5.74) is 8.74. The van der Waals surface area contributed by atoms with Gasteiger partial charge in [0.2, 0.25) is 0 Å². The van der Waals surface area contributed by atoms with Crippen LogP contribution in [0.2, 0.25) is 0 Å². The van der Waals surface area contributed by atoms with Gasteiger partial charge in [0.25, 0.3) is 0 Å². The fourth-order valence-electron chi connectivity index (χ4n) is 3.87. The third-order valence-corrected chi connectivity index (χ3v) is 5.27. The normalized spacial score (nSPS) is 21.9. The Balaban J connectivity index is 1.75. The van der Waals surface area contributed by atoms with Crippen LogP contribution in [0.1, 0.15) is 49.1 Å². The predicted molar refractivity (Wildman–Crippen MR) is 93.8 cm³/mol. The Kier molecular flexibility index (Phi) is 5.29. The van der Waals surface area contributed by atoms with Crippen LogP contribution in [0.15, 0.2) is 60.7 Å². The zero-order chi connectivity index (χ0) is 15.2. The molecule has 0 aliphatic heterocycles. The fraction of sp³-hybridized carbons (Fsp3) is 0.429. The molecule has 0 atom stereocenters. The predicted octanol–water partition coefficient (Wildman–Crippen LogP) is 4.97. The van der Waals surface area contributed by atoms with Crippen molar-refractivity contribution in [3.05, 3.63) is 71.8 Å². The molecule has 0 unspecified atom stereocenters. The maximum absolute atomic E-state index is 5.83. The Morgan fingerprint density at radius 2 is 1.18 bits per heavy atom. The van der Waals surface area contributed by atoms with Crippen molar-refractivity contribution in [3.63, 3.8) is 0 Å². The van der Waals surface area contributed by atoms with Gasteiger partial charge in [-0.2, -0.15) is 0 Å². The van der Waals surface area contributed by atoms with Gasteiger partial charge in [0.05, 0.1) is 0 Å². The molecule has 3 rings (SSSR count). The molecule has 2 aromatic rings. The first-order valence-electron chi connectivity index (χ1n) is 8.66. The zero-order valence-corrected chi connectivity index (χ0v) is 13.3. The van der Waals surface area contributed by atoms with Gasteiger partial charge >= 0.3 is 0 Å². The van der Waals surface area contributed by atoms with E-state index < -0.39 is 0 Å². The average molecular weight is 293 g/mol. The Bertz CT molecular complexity index is 501. The van der Waals surface area contributed by atoms with Gasteiger partial charge in [-0.15, -0.1) is 0 Å². The minimum Gasteiger partial charge on any atom is -0.330 e. The summed E-state index contributed by atoms with van der Waals surface area (Å²) in [6.45, 7) is 0.869.